The highest BCUT2D eigenvalue weighted by atomic mass is 35.5. The number of hydrogen-bond donors (Lipinski definition) is 0. The molecule has 0 unspecified atom stereocenters. The SMILES string of the molecule is O=C1S/C(=C/c2ccc(-c3ccccc3Cl)o2)C(=O)N1c1ccc(Cl)c(C(F)(F)F)c1. The fourth-order valence-electron chi connectivity index (χ4n) is 2.93. The molecule has 4 rings (SSSR count). The normalized spacial score (nSPS) is 15.9. The highest BCUT2D eigenvalue weighted by molar-refractivity contribution is 8.19. The third kappa shape index (κ3) is 4.23. The molecule has 0 aliphatic carbocycles. The van der Waals surface area contributed by atoms with Crippen molar-refractivity contribution in [3.63, 3.8) is 0 Å². The lowest BCUT2D eigenvalue weighted by Gasteiger charge is -2.16. The average molecular weight is 484 g/mol. The number of alkyl halides is 3. The maximum Gasteiger partial charge on any atom is 0.417 e. The van der Waals surface area contributed by atoms with Crippen molar-refractivity contribution in [2.24, 2.45) is 0 Å². The summed E-state index contributed by atoms with van der Waals surface area (Å²) >= 11 is 12.4. The number of hydrogen-bond acceptors (Lipinski definition) is 4. The molecule has 31 heavy (non-hydrogen) atoms. The van der Waals surface area contributed by atoms with Gasteiger partial charge in [0.2, 0.25) is 0 Å². The molecule has 10 heteroatoms. The van der Waals surface area contributed by atoms with Crippen LogP contribution in [0.5, 0.6) is 0 Å². The van der Waals surface area contributed by atoms with Gasteiger partial charge < -0.3 is 4.42 Å². The summed E-state index contributed by atoms with van der Waals surface area (Å²) in [5, 5.41) is -0.780. The van der Waals surface area contributed by atoms with Crippen LogP contribution in [0.15, 0.2) is 63.9 Å². The molecule has 1 aliphatic heterocycles. The van der Waals surface area contributed by atoms with Crippen LogP contribution in [-0.2, 0) is 11.0 Å². The Bertz CT molecular complexity index is 1240. The first-order valence-electron chi connectivity index (χ1n) is 8.64. The lowest BCUT2D eigenvalue weighted by Crippen LogP contribution is -2.28. The van der Waals surface area contributed by atoms with E-state index < -0.39 is 27.9 Å². The second-order valence-corrected chi connectivity index (χ2v) is 8.17. The first-order chi connectivity index (χ1) is 14.6. The summed E-state index contributed by atoms with van der Waals surface area (Å²) in [5.41, 5.74) is -0.707. The number of thioether (sulfide) groups is 1. The molecule has 158 valence electrons. The number of anilines is 1. The minimum atomic E-state index is -4.73. The lowest BCUT2D eigenvalue weighted by molar-refractivity contribution is -0.137. The quantitative estimate of drug-likeness (QED) is 0.361. The van der Waals surface area contributed by atoms with E-state index in [1.54, 1.807) is 36.4 Å². The third-order valence-corrected chi connectivity index (χ3v) is 5.88. The number of carbonyl (C=O) groups excluding carboxylic acids is 2. The number of halogens is 5. The lowest BCUT2D eigenvalue weighted by atomic mass is 10.1. The highest BCUT2D eigenvalue weighted by Gasteiger charge is 2.39. The second-order valence-electron chi connectivity index (χ2n) is 6.36. The minimum absolute atomic E-state index is 0.00793. The zero-order valence-electron chi connectivity index (χ0n) is 15.2. The van der Waals surface area contributed by atoms with Gasteiger partial charge in [-0.15, -0.1) is 0 Å². The molecule has 3 aromatic rings. The molecule has 2 heterocycles. The number of imide groups is 1. The van der Waals surface area contributed by atoms with Crippen molar-refractivity contribution in [3.05, 3.63) is 80.9 Å². The zero-order valence-corrected chi connectivity index (χ0v) is 17.6. The van der Waals surface area contributed by atoms with Gasteiger partial charge in [0.25, 0.3) is 11.1 Å². The van der Waals surface area contributed by atoms with Crippen LogP contribution in [0.25, 0.3) is 17.4 Å². The van der Waals surface area contributed by atoms with E-state index in [9.17, 15) is 22.8 Å². The van der Waals surface area contributed by atoms with E-state index in [2.05, 4.69) is 0 Å². The predicted molar refractivity (Wildman–Crippen MR) is 114 cm³/mol. The van der Waals surface area contributed by atoms with E-state index in [0.29, 0.717) is 39.1 Å². The first kappa shape index (κ1) is 21.5. The van der Waals surface area contributed by atoms with Gasteiger partial charge in [-0.25, -0.2) is 4.90 Å². The first-order valence-corrected chi connectivity index (χ1v) is 10.2. The van der Waals surface area contributed by atoms with Crippen LogP contribution >= 0.6 is 35.0 Å². The molecule has 0 radical (unpaired) electrons. The minimum Gasteiger partial charge on any atom is -0.457 e. The largest absolute Gasteiger partial charge is 0.457 e. The molecule has 1 fully saturated rings. The Morgan fingerprint density at radius 2 is 1.71 bits per heavy atom. The second kappa shape index (κ2) is 8.11. The van der Waals surface area contributed by atoms with Crippen molar-refractivity contribution in [2.45, 2.75) is 6.18 Å². The summed E-state index contributed by atoms with van der Waals surface area (Å²) < 4.78 is 45.1. The van der Waals surface area contributed by atoms with Crippen LogP contribution in [0.3, 0.4) is 0 Å². The maximum absolute atomic E-state index is 13.1. The van der Waals surface area contributed by atoms with E-state index in [-0.39, 0.29) is 16.4 Å². The van der Waals surface area contributed by atoms with Crippen LogP contribution in [-0.4, -0.2) is 11.1 Å². The Morgan fingerprint density at radius 3 is 2.42 bits per heavy atom. The summed E-state index contributed by atoms with van der Waals surface area (Å²) in [5.74, 6) is -0.0164. The monoisotopic (exact) mass is 483 g/mol. The Kier molecular flexibility index (Phi) is 5.63. The van der Waals surface area contributed by atoms with Crippen molar-refractivity contribution in [1.29, 1.82) is 0 Å². The highest BCUT2D eigenvalue weighted by Crippen LogP contribution is 2.41. The van der Waals surface area contributed by atoms with E-state index in [1.165, 1.54) is 12.1 Å². The van der Waals surface area contributed by atoms with Gasteiger partial charge in [0.1, 0.15) is 11.5 Å². The number of amides is 2. The van der Waals surface area contributed by atoms with E-state index >= 15 is 0 Å². The molecule has 0 bridgehead atoms. The van der Waals surface area contributed by atoms with Gasteiger partial charge in [0, 0.05) is 11.6 Å². The Hall–Kier alpha value is -2.68. The number of rotatable bonds is 3. The molecular formula is C21H10Cl2F3NO3S. The molecular weight excluding hydrogens is 474 g/mol. The van der Waals surface area contributed by atoms with Crippen LogP contribution in [0.4, 0.5) is 23.7 Å². The number of carbonyl (C=O) groups is 2. The fraction of sp³-hybridized carbons (Fsp3) is 0.0476. The van der Waals surface area contributed by atoms with Crippen LogP contribution in [0.1, 0.15) is 11.3 Å². The molecule has 0 spiro atoms. The van der Waals surface area contributed by atoms with E-state index in [1.807, 2.05) is 0 Å². The standard InChI is InChI=1S/C21H10Cl2F3NO3S/c22-15-4-2-1-3-13(15)17-8-6-12(30-17)10-18-19(28)27(20(29)31-18)11-5-7-16(23)14(9-11)21(24,25)26/h1-10H/b18-10+. The molecule has 0 atom stereocenters. The molecule has 1 aliphatic rings. The van der Waals surface area contributed by atoms with Gasteiger partial charge >= 0.3 is 6.18 Å². The van der Waals surface area contributed by atoms with Gasteiger partial charge in [-0.2, -0.15) is 13.2 Å². The molecule has 0 N–H and O–H groups in total. The van der Waals surface area contributed by atoms with Crippen molar-refractivity contribution in [1.82, 2.24) is 0 Å². The summed E-state index contributed by atoms with van der Waals surface area (Å²) in [6.45, 7) is 0. The molecule has 1 aromatic heterocycles. The molecule has 4 nitrogen and oxygen atoms in total. The fourth-order valence-corrected chi connectivity index (χ4v) is 4.20. The Labute approximate surface area is 188 Å². The van der Waals surface area contributed by atoms with Crippen LogP contribution in [0, 0.1) is 0 Å². The van der Waals surface area contributed by atoms with E-state index in [4.69, 9.17) is 27.6 Å². The molecule has 2 aromatic carbocycles. The van der Waals surface area contributed by atoms with Gasteiger partial charge in [-0.3, -0.25) is 9.59 Å². The zero-order chi connectivity index (χ0) is 22.3. The predicted octanol–water partition coefficient (Wildman–Crippen LogP) is 7.51. The van der Waals surface area contributed by atoms with Crippen molar-refractivity contribution < 1.29 is 27.2 Å². The van der Waals surface area contributed by atoms with Gasteiger partial charge in [-0.05, 0) is 54.2 Å². The van der Waals surface area contributed by atoms with Crippen molar-refractivity contribution in [3.8, 4) is 11.3 Å². The summed E-state index contributed by atoms with van der Waals surface area (Å²) in [6, 6.07) is 13.1. The smallest absolute Gasteiger partial charge is 0.417 e. The topological polar surface area (TPSA) is 50.5 Å². The number of nitrogens with zero attached hydrogens (tertiary/aromatic N) is 1. The maximum atomic E-state index is 13.1. The summed E-state index contributed by atoms with van der Waals surface area (Å²) in [6.07, 6.45) is -3.38. The van der Waals surface area contributed by atoms with Gasteiger partial charge in [0.15, 0.2) is 0 Å². The van der Waals surface area contributed by atoms with Crippen LogP contribution < -0.4 is 4.90 Å². The Morgan fingerprint density at radius 1 is 0.968 bits per heavy atom. The number of furan rings is 1. The van der Waals surface area contributed by atoms with Gasteiger partial charge in [-0.1, -0.05) is 35.3 Å². The average Bonchev–Trinajstić information content (AvgIpc) is 3.27. The van der Waals surface area contributed by atoms with Crippen molar-refractivity contribution >= 4 is 57.9 Å². The number of benzene rings is 2. The van der Waals surface area contributed by atoms with Crippen LogP contribution in [0.2, 0.25) is 10.0 Å². The Balaban J connectivity index is 1.64. The molecule has 0 saturated carbocycles. The molecule has 2 amide bonds. The summed E-state index contributed by atoms with van der Waals surface area (Å²) in [7, 11) is 0. The van der Waals surface area contributed by atoms with Gasteiger partial charge in [0.05, 0.1) is 26.2 Å². The third-order valence-electron chi connectivity index (χ3n) is 4.35. The van der Waals surface area contributed by atoms with Crippen molar-refractivity contribution in [2.75, 3.05) is 4.90 Å². The van der Waals surface area contributed by atoms with E-state index in [0.717, 1.165) is 6.07 Å². The molecule has 1 saturated heterocycles. The summed E-state index contributed by atoms with van der Waals surface area (Å²) in [4.78, 5) is 25.8.